The van der Waals surface area contributed by atoms with E-state index in [-0.39, 0.29) is 5.78 Å². The summed E-state index contributed by atoms with van der Waals surface area (Å²) in [5, 5.41) is 2.44. The number of ketones is 1. The monoisotopic (exact) mass is 299 g/mol. The third-order valence-corrected chi connectivity index (χ3v) is 4.39. The number of benzene rings is 3. The van der Waals surface area contributed by atoms with Crippen molar-refractivity contribution < 1.29 is 4.79 Å². The van der Waals surface area contributed by atoms with Gasteiger partial charge in [-0.05, 0) is 19.1 Å². The van der Waals surface area contributed by atoms with Gasteiger partial charge in [0.2, 0.25) is 0 Å². The summed E-state index contributed by atoms with van der Waals surface area (Å²) in [4.78, 5) is 12.7. The Morgan fingerprint density at radius 3 is 2.26 bits per heavy atom. The van der Waals surface area contributed by atoms with Crippen molar-refractivity contribution in [1.82, 2.24) is 4.57 Å². The molecule has 0 saturated carbocycles. The number of rotatable bonds is 3. The van der Waals surface area contributed by atoms with E-state index in [1.807, 2.05) is 42.5 Å². The number of fused-ring (bicyclic) bond motifs is 3. The lowest BCUT2D eigenvalue weighted by Crippen LogP contribution is -2.01. The molecule has 1 heterocycles. The van der Waals surface area contributed by atoms with Crippen molar-refractivity contribution in [1.29, 1.82) is 0 Å². The SMILES string of the molecule is CCn1c2ccccc2c2ccc(C(=O)c3ccccc3)cc21. The Balaban J connectivity index is 1.94. The molecule has 112 valence electrons. The lowest BCUT2D eigenvalue weighted by molar-refractivity contribution is 0.103. The second kappa shape index (κ2) is 5.40. The van der Waals surface area contributed by atoms with Gasteiger partial charge in [0.15, 0.2) is 5.78 Å². The van der Waals surface area contributed by atoms with E-state index in [0.717, 1.165) is 23.2 Å². The van der Waals surface area contributed by atoms with E-state index in [2.05, 4.69) is 41.8 Å². The molecule has 0 aliphatic heterocycles. The highest BCUT2D eigenvalue weighted by Gasteiger charge is 2.13. The summed E-state index contributed by atoms with van der Waals surface area (Å²) in [5.41, 5.74) is 3.80. The number of carbonyl (C=O) groups excluding carboxylic acids is 1. The van der Waals surface area contributed by atoms with Crippen molar-refractivity contribution in [2.75, 3.05) is 0 Å². The quantitative estimate of drug-likeness (QED) is 0.485. The van der Waals surface area contributed by atoms with Crippen molar-refractivity contribution in [2.45, 2.75) is 13.5 Å². The van der Waals surface area contributed by atoms with E-state index in [0.29, 0.717) is 0 Å². The van der Waals surface area contributed by atoms with Gasteiger partial charge in [-0.2, -0.15) is 0 Å². The zero-order chi connectivity index (χ0) is 15.8. The summed E-state index contributed by atoms with van der Waals surface area (Å²) < 4.78 is 2.27. The van der Waals surface area contributed by atoms with Gasteiger partial charge in [-0.25, -0.2) is 0 Å². The van der Waals surface area contributed by atoms with Crippen molar-refractivity contribution in [3.05, 3.63) is 83.9 Å². The van der Waals surface area contributed by atoms with Crippen LogP contribution in [0.3, 0.4) is 0 Å². The molecule has 0 aliphatic carbocycles. The van der Waals surface area contributed by atoms with E-state index in [4.69, 9.17) is 0 Å². The van der Waals surface area contributed by atoms with Crippen LogP contribution < -0.4 is 0 Å². The minimum absolute atomic E-state index is 0.0698. The molecule has 0 amide bonds. The number of nitrogens with zero attached hydrogens (tertiary/aromatic N) is 1. The van der Waals surface area contributed by atoms with Gasteiger partial charge in [0.05, 0.1) is 0 Å². The highest BCUT2D eigenvalue weighted by atomic mass is 16.1. The van der Waals surface area contributed by atoms with Crippen LogP contribution in [0.1, 0.15) is 22.8 Å². The Hall–Kier alpha value is -2.87. The highest BCUT2D eigenvalue weighted by molar-refractivity contribution is 6.14. The first-order chi connectivity index (χ1) is 11.3. The van der Waals surface area contributed by atoms with Gasteiger partial charge < -0.3 is 4.57 Å². The molecular weight excluding hydrogens is 282 g/mol. The maximum atomic E-state index is 12.7. The molecule has 0 radical (unpaired) electrons. The molecule has 4 rings (SSSR count). The van der Waals surface area contributed by atoms with Crippen molar-refractivity contribution >= 4 is 27.6 Å². The molecular formula is C21H17NO. The zero-order valence-corrected chi connectivity index (χ0v) is 13.0. The van der Waals surface area contributed by atoms with Crippen LogP contribution in [0.15, 0.2) is 72.8 Å². The van der Waals surface area contributed by atoms with Gasteiger partial charge in [-0.3, -0.25) is 4.79 Å². The summed E-state index contributed by atoms with van der Waals surface area (Å²) in [6.45, 7) is 3.02. The summed E-state index contributed by atoms with van der Waals surface area (Å²) in [6, 6.07) is 23.9. The van der Waals surface area contributed by atoms with Crippen LogP contribution in [0.25, 0.3) is 21.8 Å². The van der Waals surface area contributed by atoms with Gasteiger partial charge in [0.1, 0.15) is 0 Å². The van der Waals surface area contributed by atoms with Crippen LogP contribution in [0, 0.1) is 0 Å². The number of aryl methyl sites for hydroxylation is 1. The topological polar surface area (TPSA) is 22.0 Å². The predicted octanol–water partition coefficient (Wildman–Crippen LogP) is 5.05. The van der Waals surface area contributed by atoms with Crippen LogP contribution in [0.4, 0.5) is 0 Å². The van der Waals surface area contributed by atoms with Gasteiger partial charge in [0.25, 0.3) is 0 Å². The highest BCUT2D eigenvalue weighted by Crippen LogP contribution is 2.30. The first-order valence-electron chi connectivity index (χ1n) is 7.90. The molecule has 4 aromatic rings. The van der Waals surface area contributed by atoms with E-state index in [9.17, 15) is 4.79 Å². The smallest absolute Gasteiger partial charge is 0.193 e. The van der Waals surface area contributed by atoms with Crippen LogP contribution in [0.2, 0.25) is 0 Å². The molecule has 0 unspecified atom stereocenters. The number of carbonyl (C=O) groups is 1. The maximum Gasteiger partial charge on any atom is 0.193 e. The minimum atomic E-state index is 0.0698. The molecule has 1 aromatic heterocycles. The molecule has 0 spiro atoms. The third kappa shape index (κ3) is 2.15. The number of hydrogen-bond acceptors (Lipinski definition) is 1. The van der Waals surface area contributed by atoms with Crippen molar-refractivity contribution in [2.24, 2.45) is 0 Å². The third-order valence-electron chi connectivity index (χ3n) is 4.39. The molecule has 0 bridgehead atoms. The Morgan fingerprint density at radius 1 is 0.783 bits per heavy atom. The summed E-state index contributed by atoms with van der Waals surface area (Å²) in [6.07, 6.45) is 0. The van der Waals surface area contributed by atoms with Crippen molar-refractivity contribution in [3.63, 3.8) is 0 Å². The average molecular weight is 299 g/mol. The molecule has 0 fully saturated rings. The molecule has 2 heteroatoms. The fourth-order valence-electron chi connectivity index (χ4n) is 3.29. The standard InChI is InChI=1S/C21H17NO/c1-2-22-19-11-7-6-10-17(19)18-13-12-16(14-20(18)22)21(23)15-8-4-3-5-9-15/h3-14H,2H2,1H3. The second-order valence-corrected chi connectivity index (χ2v) is 5.69. The van der Waals surface area contributed by atoms with E-state index < -0.39 is 0 Å². The molecule has 23 heavy (non-hydrogen) atoms. The molecule has 0 N–H and O–H groups in total. The molecule has 2 nitrogen and oxygen atoms in total. The summed E-state index contributed by atoms with van der Waals surface area (Å²) >= 11 is 0. The summed E-state index contributed by atoms with van der Waals surface area (Å²) in [5.74, 6) is 0.0698. The minimum Gasteiger partial charge on any atom is -0.341 e. The lowest BCUT2D eigenvalue weighted by atomic mass is 10.0. The van der Waals surface area contributed by atoms with Crippen molar-refractivity contribution in [3.8, 4) is 0 Å². The molecule has 0 aliphatic rings. The van der Waals surface area contributed by atoms with Crippen LogP contribution in [0.5, 0.6) is 0 Å². The maximum absolute atomic E-state index is 12.7. The van der Waals surface area contributed by atoms with Gasteiger partial charge in [-0.1, -0.05) is 60.7 Å². The molecule has 3 aromatic carbocycles. The number of hydrogen-bond donors (Lipinski definition) is 0. The second-order valence-electron chi connectivity index (χ2n) is 5.69. The van der Waals surface area contributed by atoms with Crippen LogP contribution in [-0.4, -0.2) is 10.4 Å². The first kappa shape index (κ1) is 13.8. The molecule has 0 atom stereocenters. The zero-order valence-electron chi connectivity index (χ0n) is 13.0. The lowest BCUT2D eigenvalue weighted by Gasteiger charge is -2.05. The molecule has 0 saturated heterocycles. The Bertz CT molecular complexity index is 1010. The van der Waals surface area contributed by atoms with Gasteiger partial charge in [0, 0.05) is 39.5 Å². The van der Waals surface area contributed by atoms with E-state index >= 15 is 0 Å². The van der Waals surface area contributed by atoms with Gasteiger partial charge in [-0.15, -0.1) is 0 Å². The fourth-order valence-corrected chi connectivity index (χ4v) is 3.29. The normalized spacial score (nSPS) is 11.2. The number of aromatic nitrogens is 1. The van der Waals surface area contributed by atoms with E-state index in [1.165, 1.54) is 16.3 Å². The predicted molar refractivity (Wildman–Crippen MR) is 95.0 cm³/mol. The number of para-hydroxylation sites is 1. The fraction of sp³-hybridized carbons (Fsp3) is 0.0952. The largest absolute Gasteiger partial charge is 0.341 e. The average Bonchev–Trinajstić information content (AvgIpc) is 2.94. The summed E-state index contributed by atoms with van der Waals surface area (Å²) in [7, 11) is 0. The Morgan fingerprint density at radius 2 is 1.48 bits per heavy atom. The van der Waals surface area contributed by atoms with Crippen LogP contribution >= 0.6 is 0 Å². The van der Waals surface area contributed by atoms with Crippen LogP contribution in [-0.2, 0) is 6.54 Å². The van der Waals surface area contributed by atoms with Gasteiger partial charge >= 0.3 is 0 Å². The first-order valence-corrected chi connectivity index (χ1v) is 7.90. The Labute approximate surface area is 135 Å². The van der Waals surface area contributed by atoms with E-state index in [1.54, 1.807) is 0 Å². The Kier molecular flexibility index (Phi) is 3.23.